The summed E-state index contributed by atoms with van der Waals surface area (Å²) in [5.41, 5.74) is 0.806. The molecule has 19 heteroatoms. The first-order valence-electron chi connectivity index (χ1n) is 28.9. The molecule has 19 nitrogen and oxygen atoms in total. The van der Waals surface area contributed by atoms with Gasteiger partial charge in [-0.25, -0.2) is 0 Å². The largest absolute Gasteiger partial charge is 0.381 e. The first-order chi connectivity index (χ1) is 36.9. The van der Waals surface area contributed by atoms with Crippen LogP contribution >= 0.6 is 0 Å². The highest BCUT2D eigenvalue weighted by Crippen LogP contribution is 2.29. The topological polar surface area (TPSA) is 223 Å². The molecule has 0 saturated carbocycles. The summed E-state index contributed by atoms with van der Waals surface area (Å²) in [6, 6.07) is 3.21. The number of hydrogen-bond acceptors (Lipinski definition) is 11. The monoisotopic (exact) mass is 1090 g/mol. The highest BCUT2D eigenvalue weighted by molar-refractivity contribution is 5.99. The van der Waals surface area contributed by atoms with E-state index >= 15 is 0 Å². The van der Waals surface area contributed by atoms with Crippen molar-refractivity contribution in [2.24, 2.45) is 35.5 Å². The van der Waals surface area contributed by atoms with Crippen LogP contribution in [0, 0.1) is 35.5 Å². The average molecular weight is 1090 g/mol. The van der Waals surface area contributed by atoms with Crippen LogP contribution in [0.3, 0.4) is 0 Å². The third-order valence-electron chi connectivity index (χ3n) is 16.2. The molecule has 78 heavy (non-hydrogen) atoms. The number of ketones is 2. The van der Waals surface area contributed by atoms with Gasteiger partial charge in [-0.15, -0.1) is 0 Å². The third-order valence-corrected chi connectivity index (χ3v) is 16.2. The fraction of sp³-hybridized carbons (Fsp3) is 0.729. The van der Waals surface area contributed by atoms with Crippen LogP contribution in [0.4, 0.5) is 0 Å². The molecule has 0 unspecified atom stereocenters. The predicted molar refractivity (Wildman–Crippen MR) is 295 cm³/mol. The Hall–Kier alpha value is -5.72. The van der Waals surface area contributed by atoms with Gasteiger partial charge in [-0.05, 0) is 114 Å². The molecule has 8 amide bonds. The van der Waals surface area contributed by atoms with E-state index in [1.54, 1.807) is 20.8 Å². The van der Waals surface area contributed by atoms with Crippen LogP contribution in [0.2, 0.25) is 0 Å². The summed E-state index contributed by atoms with van der Waals surface area (Å²) < 4.78 is 5.63. The second-order valence-electron chi connectivity index (χ2n) is 23.8. The number of nitrogens with zero attached hydrogens (tertiary/aromatic N) is 6. The third kappa shape index (κ3) is 17.1. The minimum atomic E-state index is -1.10. The smallest absolute Gasteiger partial charge is 0.245 e. The number of rotatable bonds is 11. The summed E-state index contributed by atoms with van der Waals surface area (Å²) in [6.45, 7) is 17.6. The molecule has 4 aliphatic heterocycles. The Kier molecular flexibility index (Phi) is 23.9. The predicted octanol–water partition coefficient (Wildman–Crippen LogP) is 4.28. The van der Waals surface area contributed by atoms with E-state index in [9.17, 15) is 47.9 Å². The van der Waals surface area contributed by atoms with Gasteiger partial charge in [0.15, 0.2) is 11.6 Å². The molecular formula is C59H92N8O11. The van der Waals surface area contributed by atoms with Crippen LogP contribution in [-0.4, -0.2) is 191 Å². The molecule has 0 aliphatic carbocycles. The van der Waals surface area contributed by atoms with Gasteiger partial charge in [-0.2, -0.15) is 0 Å². The second kappa shape index (κ2) is 29.5. The molecule has 0 bridgehead atoms. The van der Waals surface area contributed by atoms with Crippen LogP contribution in [0.1, 0.15) is 139 Å². The highest BCUT2D eigenvalue weighted by Gasteiger charge is 2.44. The van der Waals surface area contributed by atoms with E-state index < -0.39 is 96.0 Å². The zero-order chi connectivity index (χ0) is 57.5. The van der Waals surface area contributed by atoms with Crippen LogP contribution in [0.15, 0.2) is 30.3 Å². The van der Waals surface area contributed by atoms with Crippen molar-refractivity contribution in [3.63, 3.8) is 0 Å². The minimum absolute atomic E-state index is 0.0148. The number of fused-ring (bicyclic) bond motifs is 2. The van der Waals surface area contributed by atoms with E-state index in [-0.39, 0.29) is 106 Å². The molecule has 1 aromatic rings. The summed E-state index contributed by atoms with van der Waals surface area (Å²) in [5, 5.41) is 5.74. The number of hydrogen-bond donors (Lipinski definition) is 2. The van der Waals surface area contributed by atoms with Crippen LogP contribution in [-0.2, 0) is 59.1 Å². The van der Waals surface area contributed by atoms with Crippen LogP contribution in [0.25, 0.3) is 0 Å². The van der Waals surface area contributed by atoms with E-state index in [4.69, 9.17) is 4.74 Å². The number of amides is 8. The molecule has 0 aromatic heterocycles. The SMILES string of the molecule is CCN1CC(=O)N[C@@H](CC(C)C)C(=O)N(C)[C@@H](C)C(=O)N[C@@H](CC(C)C)C(=O)N2CCC[C@@H]2C(=O)N(CC2CCOCC2)CC(=O)C[C@@H](CC(C)C)C(=O)N(C)[C@@H](C)C(=O)C[C@@H](Cc2ccccc2)C(=O)N2CCC[C@@H]2C1=O. The Bertz CT molecular complexity index is 2270. The van der Waals surface area contributed by atoms with Crippen LogP contribution < -0.4 is 10.6 Å². The molecule has 4 aliphatic rings. The fourth-order valence-corrected chi connectivity index (χ4v) is 11.6. The van der Waals surface area contributed by atoms with Gasteiger partial charge >= 0.3 is 0 Å². The molecule has 4 saturated heterocycles. The second-order valence-corrected chi connectivity index (χ2v) is 23.8. The Morgan fingerprint density at radius 2 is 1.12 bits per heavy atom. The number of likely N-dealkylation sites (N-methyl/N-ethyl adjacent to an activating group) is 3. The summed E-state index contributed by atoms with van der Waals surface area (Å²) in [7, 11) is 3.00. The zero-order valence-electron chi connectivity index (χ0n) is 48.6. The number of benzene rings is 1. The molecule has 1 aromatic carbocycles. The molecule has 434 valence electrons. The van der Waals surface area contributed by atoms with Crippen molar-refractivity contribution >= 4 is 58.8 Å². The Morgan fingerprint density at radius 3 is 1.68 bits per heavy atom. The normalized spacial score (nSPS) is 27.6. The van der Waals surface area contributed by atoms with Gasteiger partial charge in [0.2, 0.25) is 47.3 Å². The van der Waals surface area contributed by atoms with Crippen molar-refractivity contribution in [2.75, 3.05) is 66.6 Å². The van der Waals surface area contributed by atoms with Gasteiger partial charge in [-0.3, -0.25) is 47.9 Å². The van der Waals surface area contributed by atoms with E-state index in [0.717, 1.165) is 5.56 Å². The van der Waals surface area contributed by atoms with Gasteiger partial charge < -0.3 is 44.8 Å². The molecule has 0 spiro atoms. The lowest BCUT2D eigenvalue weighted by molar-refractivity contribution is -0.149. The lowest BCUT2D eigenvalue weighted by Gasteiger charge is -2.36. The van der Waals surface area contributed by atoms with Crippen molar-refractivity contribution in [2.45, 2.75) is 176 Å². The fourth-order valence-electron chi connectivity index (χ4n) is 11.6. The minimum Gasteiger partial charge on any atom is -0.381 e. The van der Waals surface area contributed by atoms with Gasteiger partial charge in [0.1, 0.15) is 30.2 Å². The van der Waals surface area contributed by atoms with Crippen molar-refractivity contribution in [3.8, 4) is 0 Å². The number of ether oxygens (including phenoxy) is 1. The highest BCUT2D eigenvalue weighted by atomic mass is 16.5. The summed E-state index contributed by atoms with van der Waals surface area (Å²) >= 11 is 0. The number of carbonyl (C=O) groups excluding carboxylic acids is 10. The summed E-state index contributed by atoms with van der Waals surface area (Å²) in [6.07, 6.45) is 3.58. The lowest BCUT2D eigenvalue weighted by atomic mass is 9.88. The summed E-state index contributed by atoms with van der Waals surface area (Å²) in [4.78, 5) is 154. The Labute approximate surface area is 463 Å². The Morgan fingerprint density at radius 1 is 0.577 bits per heavy atom. The molecule has 4 heterocycles. The first kappa shape index (κ1) is 63.1. The summed E-state index contributed by atoms with van der Waals surface area (Å²) in [5.74, 6) is -6.39. The van der Waals surface area contributed by atoms with Crippen molar-refractivity contribution in [3.05, 3.63) is 35.9 Å². The van der Waals surface area contributed by atoms with E-state index in [0.29, 0.717) is 58.2 Å². The van der Waals surface area contributed by atoms with Gasteiger partial charge in [-0.1, -0.05) is 71.9 Å². The molecule has 4 fully saturated rings. The van der Waals surface area contributed by atoms with Gasteiger partial charge in [0, 0.05) is 78.2 Å². The van der Waals surface area contributed by atoms with E-state index in [1.807, 2.05) is 71.9 Å². The number of carbonyl (C=O) groups is 10. The van der Waals surface area contributed by atoms with Gasteiger partial charge in [0.25, 0.3) is 0 Å². The molecular weight excluding hydrogens is 997 g/mol. The molecule has 2 N–H and O–H groups in total. The number of Topliss-reactive ketones (excluding diaryl/α,β-unsaturated/α-hetero) is 2. The van der Waals surface area contributed by atoms with E-state index in [2.05, 4.69) is 10.6 Å². The zero-order valence-corrected chi connectivity index (χ0v) is 48.6. The Balaban J connectivity index is 1.54. The average Bonchev–Trinajstić information content (AvgIpc) is 4.13. The maximum Gasteiger partial charge on any atom is 0.245 e. The van der Waals surface area contributed by atoms with Crippen molar-refractivity contribution in [1.29, 1.82) is 0 Å². The first-order valence-corrected chi connectivity index (χ1v) is 28.9. The quantitative estimate of drug-likeness (QED) is 0.318. The molecule has 0 radical (unpaired) electrons. The molecule has 8 atom stereocenters. The molecule has 5 rings (SSSR count). The maximum atomic E-state index is 15.0. The standard InChI is InChI=1S/C59H92N8O11/c1-12-64-36-52(70)60-47(29-38(4)5)56(74)63(11)41(9)53(71)61-48(30-39(6)7)57(75)67-25-17-21-50(67)59(77)65(34-43-22-26-78-27-23-43)35-46(68)32-44(28-37(2)3)54(72)62(10)40(8)51(69)33-45(31-42-18-14-13-15-19-42)55(73)66-24-16-20-49(66)58(64)76/h13-15,18-19,37-41,43-45,47-50H,12,16-17,20-36H2,1-11H3,(H,60,70)(H,61,71)/t40-,41-,44+,45+,47-,48-,49+,50+/m0/s1. The number of nitrogens with one attached hydrogen (secondary N) is 2. The van der Waals surface area contributed by atoms with Crippen molar-refractivity contribution < 1.29 is 52.7 Å². The van der Waals surface area contributed by atoms with Crippen LogP contribution in [0.5, 0.6) is 0 Å². The maximum absolute atomic E-state index is 15.0. The lowest BCUT2D eigenvalue weighted by Crippen LogP contribution is -2.59. The van der Waals surface area contributed by atoms with E-state index in [1.165, 1.54) is 43.5 Å². The van der Waals surface area contributed by atoms with Crippen molar-refractivity contribution in [1.82, 2.24) is 40.0 Å². The van der Waals surface area contributed by atoms with Gasteiger partial charge in [0.05, 0.1) is 19.1 Å².